The van der Waals surface area contributed by atoms with E-state index in [1.54, 1.807) is 0 Å². The molecule has 21 heavy (non-hydrogen) atoms. The van der Waals surface area contributed by atoms with Crippen LogP contribution in [0.2, 0.25) is 0 Å². The number of hydrogen-bond acceptors (Lipinski definition) is 3. The molecule has 1 fully saturated rings. The number of aromatic amines is 1. The number of rotatable bonds is 3. The molecule has 2 aliphatic rings. The van der Waals surface area contributed by atoms with E-state index < -0.39 is 0 Å². The molecule has 4 rings (SSSR count). The minimum absolute atomic E-state index is 0.442. The van der Waals surface area contributed by atoms with Gasteiger partial charge in [0.25, 0.3) is 0 Å². The highest BCUT2D eigenvalue weighted by atomic mass is 15.2. The molecule has 2 aromatic rings. The first-order valence-corrected chi connectivity index (χ1v) is 8.12. The Morgan fingerprint density at radius 2 is 2.14 bits per heavy atom. The van der Waals surface area contributed by atoms with E-state index in [0.717, 1.165) is 25.2 Å². The van der Waals surface area contributed by atoms with Gasteiger partial charge in [-0.05, 0) is 57.2 Å². The highest BCUT2D eigenvalue weighted by Gasteiger charge is 2.29. The Kier molecular flexibility index (Phi) is 3.47. The lowest BCUT2D eigenvalue weighted by atomic mass is 10.0. The van der Waals surface area contributed by atoms with Crippen molar-refractivity contribution in [2.45, 2.75) is 51.1 Å². The zero-order valence-corrected chi connectivity index (χ0v) is 12.4. The summed E-state index contributed by atoms with van der Waals surface area (Å²) in [6.45, 7) is 2.07. The van der Waals surface area contributed by atoms with Crippen LogP contribution in [0.3, 0.4) is 0 Å². The zero-order valence-electron chi connectivity index (χ0n) is 12.4. The van der Waals surface area contributed by atoms with Gasteiger partial charge in [-0.1, -0.05) is 6.07 Å². The summed E-state index contributed by atoms with van der Waals surface area (Å²) >= 11 is 0. The van der Waals surface area contributed by atoms with Crippen molar-refractivity contribution in [3.8, 4) is 0 Å². The van der Waals surface area contributed by atoms with Crippen LogP contribution < -0.4 is 0 Å². The molecule has 0 unspecified atom stereocenters. The highest BCUT2D eigenvalue weighted by Crippen LogP contribution is 2.33. The van der Waals surface area contributed by atoms with Crippen LogP contribution in [-0.2, 0) is 19.4 Å². The third-order valence-electron chi connectivity index (χ3n) is 4.74. The van der Waals surface area contributed by atoms with Gasteiger partial charge in [-0.25, -0.2) is 4.98 Å². The number of imidazole rings is 1. The van der Waals surface area contributed by atoms with Crippen molar-refractivity contribution >= 4 is 0 Å². The molecule has 1 aliphatic heterocycles. The van der Waals surface area contributed by atoms with Crippen LogP contribution >= 0.6 is 0 Å². The molecule has 0 bridgehead atoms. The van der Waals surface area contributed by atoms with E-state index in [1.807, 2.05) is 12.3 Å². The number of likely N-dealkylation sites (tertiary alicyclic amines) is 1. The molecule has 3 heterocycles. The first-order chi connectivity index (χ1) is 10.4. The maximum Gasteiger partial charge on any atom is 0.124 e. The summed E-state index contributed by atoms with van der Waals surface area (Å²) in [5.41, 5.74) is 3.86. The van der Waals surface area contributed by atoms with Crippen LogP contribution in [0.25, 0.3) is 0 Å². The van der Waals surface area contributed by atoms with Gasteiger partial charge >= 0.3 is 0 Å². The Morgan fingerprint density at radius 1 is 1.19 bits per heavy atom. The topological polar surface area (TPSA) is 44.8 Å². The SMILES string of the molecule is c1ccc(CN2CCC[C@@H]2c2nc3c([nH]2)CCCC3)nc1. The quantitative estimate of drug-likeness (QED) is 0.941. The van der Waals surface area contributed by atoms with Crippen LogP contribution in [0.1, 0.15) is 54.6 Å². The molecular formula is C17H22N4. The lowest BCUT2D eigenvalue weighted by molar-refractivity contribution is 0.238. The Bertz CT molecular complexity index is 581. The molecule has 110 valence electrons. The number of nitrogens with one attached hydrogen (secondary N) is 1. The fourth-order valence-electron chi connectivity index (χ4n) is 3.66. The predicted molar refractivity (Wildman–Crippen MR) is 81.9 cm³/mol. The largest absolute Gasteiger partial charge is 0.344 e. The third kappa shape index (κ3) is 2.60. The van der Waals surface area contributed by atoms with Gasteiger partial charge in [0.15, 0.2) is 0 Å². The van der Waals surface area contributed by atoms with Gasteiger partial charge in [0.1, 0.15) is 5.82 Å². The number of aromatic nitrogens is 3. The summed E-state index contributed by atoms with van der Waals surface area (Å²) in [5.74, 6) is 1.19. The highest BCUT2D eigenvalue weighted by molar-refractivity contribution is 5.20. The summed E-state index contributed by atoms with van der Waals surface area (Å²) in [4.78, 5) is 15.5. The molecule has 4 nitrogen and oxygen atoms in total. The van der Waals surface area contributed by atoms with E-state index >= 15 is 0 Å². The maximum absolute atomic E-state index is 4.91. The van der Waals surface area contributed by atoms with Crippen LogP contribution in [0, 0.1) is 0 Å². The first kappa shape index (κ1) is 13.0. The number of fused-ring (bicyclic) bond motifs is 1. The maximum atomic E-state index is 4.91. The molecule has 0 aromatic carbocycles. The molecule has 2 aromatic heterocycles. The molecule has 0 saturated carbocycles. The minimum Gasteiger partial charge on any atom is -0.344 e. The monoisotopic (exact) mass is 282 g/mol. The van der Waals surface area contributed by atoms with Crippen LogP contribution in [0.5, 0.6) is 0 Å². The summed E-state index contributed by atoms with van der Waals surface area (Å²) in [7, 11) is 0. The van der Waals surface area contributed by atoms with E-state index in [9.17, 15) is 0 Å². The molecule has 1 N–H and O–H groups in total. The number of aryl methyl sites for hydroxylation is 2. The lowest BCUT2D eigenvalue weighted by Gasteiger charge is -2.22. The Hall–Kier alpha value is -1.68. The van der Waals surface area contributed by atoms with Crippen molar-refractivity contribution in [3.63, 3.8) is 0 Å². The van der Waals surface area contributed by atoms with Crippen LogP contribution in [0.15, 0.2) is 24.4 Å². The van der Waals surface area contributed by atoms with Gasteiger partial charge in [0.2, 0.25) is 0 Å². The molecule has 1 atom stereocenters. The number of hydrogen-bond donors (Lipinski definition) is 1. The molecule has 1 saturated heterocycles. The molecule has 0 radical (unpaired) electrons. The smallest absolute Gasteiger partial charge is 0.124 e. The van der Waals surface area contributed by atoms with E-state index in [-0.39, 0.29) is 0 Å². The fourth-order valence-corrected chi connectivity index (χ4v) is 3.66. The first-order valence-electron chi connectivity index (χ1n) is 8.12. The minimum atomic E-state index is 0.442. The van der Waals surface area contributed by atoms with Crippen molar-refractivity contribution < 1.29 is 0 Å². The van der Waals surface area contributed by atoms with Gasteiger partial charge in [0.05, 0.1) is 17.4 Å². The molecule has 0 amide bonds. The molecular weight excluding hydrogens is 260 g/mol. The van der Waals surface area contributed by atoms with Crippen molar-refractivity contribution in [3.05, 3.63) is 47.3 Å². The number of nitrogens with zero attached hydrogens (tertiary/aromatic N) is 3. The zero-order chi connectivity index (χ0) is 14.1. The number of H-pyrrole nitrogens is 1. The van der Waals surface area contributed by atoms with Crippen molar-refractivity contribution in [1.82, 2.24) is 19.9 Å². The standard InChI is InChI=1S/C17H22N4/c1-2-8-15-14(7-1)19-17(20-15)16-9-5-11-21(16)12-13-6-3-4-10-18-13/h3-4,6,10,16H,1-2,5,7-9,11-12H2,(H,19,20)/t16-/m1/s1. The summed E-state index contributed by atoms with van der Waals surface area (Å²) in [6, 6.07) is 6.60. The van der Waals surface area contributed by atoms with Crippen LogP contribution in [0.4, 0.5) is 0 Å². The van der Waals surface area contributed by atoms with Crippen molar-refractivity contribution in [2.75, 3.05) is 6.54 Å². The fraction of sp³-hybridized carbons (Fsp3) is 0.529. The van der Waals surface area contributed by atoms with Gasteiger partial charge < -0.3 is 4.98 Å². The van der Waals surface area contributed by atoms with E-state index in [0.29, 0.717) is 6.04 Å². The third-order valence-corrected chi connectivity index (χ3v) is 4.74. The number of pyridine rings is 1. The Morgan fingerprint density at radius 3 is 3.00 bits per heavy atom. The average Bonchev–Trinajstić information content (AvgIpc) is 3.14. The molecule has 1 aliphatic carbocycles. The van der Waals surface area contributed by atoms with Gasteiger partial charge in [-0.2, -0.15) is 0 Å². The molecule has 4 heteroatoms. The van der Waals surface area contributed by atoms with Gasteiger partial charge in [0, 0.05) is 18.4 Å². The van der Waals surface area contributed by atoms with Crippen molar-refractivity contribution in [1.29, 1.82) is 0 Å². The lowest BCUT2D eigenvalue weighted by Crippen LogP contribution is -2.24. The second-order valence-corrected chi connectivity index (χ2v) is 6.20. The average molecular weight is 282 g/mol. The van der Waals surface area contributed by atoms with Crippen LogP contribution in [-0.4, -0.2) is 26.4 Å². The normalized spacial score (nSPS) is 22.4. The second kappa shape index (κ2) is 5.60. The van der Waals surface area contributed by atoms with E-state index in [4.69, 9.17) is 4.98 Å². The Balaban J connectivity index is 1.54. The summed E-state index contributed by atoms with van der Waals surface area (Å²) in [5, 5.41) is 0. The van der Waals surface area contributed by atoms with Gasteiger partial charge in [-0.3, -0.25) is 9.88 Å². The predicted octanol–water partition coefficient (Wildman–Crippen LogP) is 3.02. The van der Waals surface area contributed by atoms with E-state index in [2.05, 4.69) is 27.0 Å². The van der Waals surface area contributed by atoms with Crippen molar-refractivity contribution in [2.24, 2.45) is 0 Å². The summed E-state index contributed by atoms with van der Waals surface area (Å²) in [6.07, 6.45) is 9.26. The van der Waals surface area contributed by atoms with E-state index in [1.165, 1.54) is 49.3 Å². The van der Waals surface area contributed by atoms with Gasteiger partial charge in [-0.15, -0.1) is 0 Å². The summed E-state index contributed by atoms with van der Waals surface area (Å²) < 4.78 is 0. The molecule has 0 spiro atoms. The Labute approximate surface area is 125 Å². The second-order valence-electron chi connectivity index (χ2n) is 6.20.